The molecule has 8 nitrogen and oxygen atoms in total. The molecule has 1 heterocycles. The minimum atomic E-state index is -0.915. The van der Waals surface area contributed by atoms with Crippen molar-refractivity contribution in [1.29, 1.82) is 0 Å². The van der Waals surface area contributed by atoms with Crippen molar-refractivity contribution >= 4 is 35.3 Å². The molecule has 0 aliphatic carbocycles. The summed E-state index contributed by atoms with van der Waals surface area (Å²) in [7, 11) is 0. The highest BCUT2D eigenvalue weighted by atomic mass is 35.5. The number of carbonyl (C=O) groups excluding carboxylic acids is 4. The Bertz CT molecular complexity index is 907. The third-order valence-electron chi connectivity index (χ3n) is 6.82. The number of unbranched alkanes of at least 4 members (excludes halogenated alkanes) is 1. The number of rotatable bonds is 8. The quantitative estimate of drug-likeness (QED) is 0.453. The van der Waals surface area contributed by atoms with Crippen LogP contribution in [-0.4, -0.2) is 47.9 Å². The van der Waals surface area contributed by atoms with E-state index >= 15 is 0 Å². The fraction of sp³-hybridized carbons (Fsp3) is 0.630. The average molecular weight is 522 g/mol. The van der Waals surface area contributed by atoms with Crippen molar-refractivity contribution in [3.63, 3.8) is 0 Å². The molecule has 3 N–H and O–H groups in total. The van der Waals surface area contributed by atoms with E-state index in [1.807, 2.05) is 20.8 Å². The summed E-state index contributed by atoms with van der Waals surface area (Å²) in [5, 5.41) is 8.80. The summed E-state index contributed by atoms with van der Waals surface area (Å²) in [6.07, 6.45) is 2.80. The Morgan fingerprint density at radius 2 is 1.64 bits per heavy atom. The van der Waals surface area contributed by atoms with Crippen molar-refractivity contribution in [2.75, 3.05) is 0 Å². The fourth-order valence-electron chi connectivity index (χ4n) is 4.12. The zero-order valence-corrected chi connectivity index (χ0v) is 22.7. The molecule has 1 aromatic carbocycles. The molecular weight excluding hydrogens is 482 g/mol. The Balaban J connectivity index is 2.38. The zero-order chi connectivity index (χ0) is 26.8. The van der Waals surface area contributed by atoms with Gasteiger partial charge in [-0.3, -0.25) is 14.4 Å². The number of hydrogen-bond acceptors (Lipinski definition) is 5. The number of halogens is 1. The highest BCUT2D eigenvalue weighted by Gasteiger charge is 2.35. The predicted molar refractivity (Wildman–Crippen MR) is 139 cm³/mol. The van der Waals surface area contributed by atoms with Crippen LogP contribution in [0, 0.1) is 11.8 Å². The number of hydrogen-bond donors (Lipinski definition) is 3. The predicted octanol–water partition coefficient (Wildman–Crippen LogP) is 3.54. The van der Waals surface area contributed by atoms with Crippen LogP contribution in [0.25, 0.3) is 0 Å². The monoisotopic (exact) mass is 521 g/mol. The van der Waals surface area contributed by atoms with E-state index in [0.717, 1.165) is 24.8 Å². The van der Waals surface area contributed by atoms with Gasteiger partial charge in [0.15, 0.2) is 0 Å². The SMILES string of the molecule is CCCC[C@H](C)[C@@H]1CC(=O)N[C@@H](Cc2ccc(Cl)cc2)C(=O)N[C@@H](C)C(=O)N[C@@H]([C@H](C)CC)C(=O)O1. The number of cyclic esters (lactones) is 1. The summed E-state index contributed by atoms with van der Waals surface area (Å²) in [6.45, 7) is 9.36. The van der Waals surface area contributed by atoms with Crippen LogP contribution < -0.4 is 16.0 Å². The Hall–Kier alpha value is -2.61. The molecule has 0 aromatic heterocycles. The van der Waals surface area contributed by atoms with Crippen LogP contribution >= 0.6 is 11.6 Å². The van der Waals surface area contributed by atoms with Gasteiger partial charge < -0.3 is 20.7 Å². The molecule has 0 saturated carbocycles. The first-order chi connectivity index (χ1) is 17.0. The molecule has 0 bridgehead atoms. The standard InChI is InChI=1S/C27H40ClN3O5/c1-6-8-9-17(4)22-15-23(32)30-21(14-19-10-12-20(28)13-11-19)26(34)29-18(5)25(33)31-24(16(3)7-2)27(35)36-22/h10-13,16-18,21-22,24H,6-9,14-15H2,1-5H3,(H,29,34)(H,30,32)(H,31,33)/t16-,17+,18+,21+,22+,24+/m1/s1. The van der Waals surface area contributed by atoms with E-state index in [4.69, 9.17) is 16.3 Å². The highest BCUT2D eigenvalue weighted by Crippen LogP contribution is 2.21. The van der Waals surface area contributed by atoms with Gasteiger partial charge in [0.25, 0.3) is 0 Å². The van der Waals surface area contributed by atoms with E-state index in [-0.39, 0.29) is 24.7 Å². The Labute approximate surface area is 219 Å². The largest absolute Gasteiger partial charge is 0.460 e. The number of carbonyl (C=O) groups is 4. The van der Waals surface area contributed by atoms with E-state index in [2.05, 4.69) is 22.9 Å². The number of benzene rings is 1. The molecule has 200 valence electrons. The molecule has 2 rings (SSSR count). The van der Waals surface area contributed by atoms with Crippen molar-refractivity contribution in [2.45, 2.75) is 97.4 Å². The van der Waals surface area contributed by atoms with Crippen LogP contribution in [0.3, 0.4) is 0 Å². The summed E-state index contributed by atoms with van der Waals surface area (Å²) in [5.74, 6) is -2.18. The van der Waals surface area contributed by atoms with E-state index in [9.17, 15) is 19.2 Å². The lowest BCUT2D eigenvalue weighted by Crippen LogP contribution is -2.55. The van der Waals surface area contributed by atoms with Gasteiger partial charge in [0.1, 0.15) is 24.2 Å². The number of amides is 3. The highest BCUT2D eigenvalue weighted by molar-refractivity contribution is 6.30. The molecule has 1 aliphatic rings. The van der Waals surface area contributed by atoms with Gasteiger partial charge in [-0.15, -0.1) is 0 Å². The molecule has 0 unspecified atom stereocenters. The third-order valence-corrected chi connectivity index (χ3v) is 7.08. The maximum Gasteiger partial charge on any atom is 0.329 e. The molecule has 36 heavy (non-hydrogen) atoms. The number of esters is 1. The van der Waals surface area contributed by atoms with Gasteiger partial charge in [0.05, 0.1) is 6.42 Å². The van der Waals surface area contributed by atoms with Gasteiger partial charge >= 0.3 is 5.97 Å². The first-order valence-corrected chi connectivity index (χ1v) is 13.3. The molecule has 0 radical (unpaired) electrons. The Morgan fingerprint density at radius 3 is 2.25 bits per heavy atom. The molecule has 1 saturated heterocycles. The second kappa shape index (κ2) is 14.2. The summed E-state index contributed by atoms with van der Waals surface area (Å²) < 4.78 is 5.87. The van der Waals surface area contributed by atoms with E-state index < -0.39 is 47.9 Å². The van der Waals surface area contributed by atoms with Crippen LogP contribution in [0.15, 0.2) is 24.3 Å². The lowest BCUT2D eigenvalue weighted by molar-refractivity contribution is -0.158. The third kappa shape index (κ3) is 8.80. The topological polar surface area (TPSA) is 114 Å². The van der Waals surface area contributed by atoms with E-state index in [0.29, 0.717) is 11.4 Å². The van der Waals surface area contributed by atoms with Gasteiger partial charge in [-0.25, -0.2) is 4.79 Å². The molecule has 3 amide bonds. The lowest BCUT2D eigenvalue weighted by Gasteiger charge is -2.29. The van der Waals surface area contributed by atoms with Gasteiger partial charge in [-0.2, -0.15) is 0 Å². The van der Waals surface area contributed by atoms with Crippen molar-refractivity contribution in [3.05, 3.63) is 34.9 Å². The van der Waals surface area contributed by atoms with Gasteiger partial charge in [0, 0.05) is 11.4 Å². The summed E-state index contributed by atoms with van der Waals surface area (Å²) >= 11 is 5.98. The van der Waals surface area contributed by atoms with Crippen LogP contribution in [-0.2, 0) is 30.3 Å². The molecule has 6 atom stereocenters. The smallest absolute Gasteiger partial charge is 0.329 e. The van der Waals surface area contributed by atoms with Crippen LogP contribution in [0.5, 0.6) is 0 Å². The molecule has 9 heteroatoms. The second-order valence-electron chi connectivity index (χ2n) is 9.85. The van der Waals surface area contributed by atoms with Gasteiger partial charge in [-0.1, -0.05) is 70.7 Å². The molecular formula is C27H40ClN3O5. The van der Waals surface area contributed by atoms with Crippen molar-refractivity contribution in [1.82, 2.24) is 16.0 Å². The first-order valence-electron chi connectivity index (χ1n) is 12.9. The zero-order valence-electron chi connectivity index (χ0n) is 21.9. The van der Waals surface area contributed by atoms with Gasteiger partial charge in [-0.05, 0) is 42.9 Å². The van der Waals surface area contributed by atoms with Crippen LogP contribution in [0.4, 0.5) is 0 Å². The van der Waals surface area contributed by atoms with Crippen LogP contribution in [0.1, 0.15) is 72.3 Å². The Morgan fingerprint density at radius 1 is 0.972 bits per heavy atom. The maximum absolute atomic E-state index is 13.2. The van der Waals surface area contributed by atoms with Crippen molar-refractivity contribution in [3.8, 4) is 0 Å². The van der Waals surface area contributed by atoms with E-state index in [1.165, 1.54) is 0 Å². The minimum Gasteiger partial charge on any atom is -0.460 e. The van der Waals surface area contributed by atoms with Crippen molar-refractivity contribution in [2.24, 2.45) is 11.8 Å². The number of ether oxygens (including phenoxy) is 1. The number of nitrogens with one attached hydrogen (secondary N) is 3. The molecule has 1 fully saturated rings. The summed E-state index contributed by atoms with van der Waals surface area (Å²) in [4.78, 5) is 52.4. The lowest BCUT2D eigenvalue weighted by atomic mass is 9.94. The Kier molecular flexibility index (Phi) is 11.7. The van der Waals surface area contributed by atoms with Gasteiger partial charge in [0.2, 0.25) is 17.7 Å². The fourth-order valence-corrected chi connectivity index (χ4v) is 4.25. The normalized spacial score (nSPS) is 25.7. The van der Waals surface area contributed by atoms with Crippen LogP contribution in [0.2, 0.25) is 5.02 Å². The first kappa shape index (κ1) is 29.6. The summed E-state index contributed by atoms with van der Waals surface area (Å²) in [6, 6.07) is 4.29. The molecule has 1 aromatic rings. The summed E-state index contributed by atoms with van der Waals surface area (Å²) in [5.41, 5.74) is 0.803. The molecule has 0 spiro atoms. The molecule has 1 aliphatic heterocycles. The second-order valence-corrected chi connectivity index (χ2v) is 10.3. The maximum atomic E-state index is 13.2. The van der Waals surface area contributed by atoms with E-state index in [1.54, 1.807) is 31.2 Å². The average Bonchev–Trinajstić information content (AvgIpc) is 2.85. The van der Waals surface area contributed by atoms with Crippen molar-refractivity contribution < 1.29 is 23.9 Å². The minimum absolute atomic E-state index is 0.0690.